The highest BCUT2D eigenvalue weighted by atomic mass is 16.3. The molecule has 0 spiro atoms. The summed E-state index contributed by atoms with van der Waals surface area (Å²) in [6, 6.07) is 12.2. The van der Waals surface area contributed by atoms with Gasteiger partial charge < -0.3 is 10.0 Å². The van der Waals surface area contributed by atoms with Gasteiger partial charge in [0.15, 0.2) is 0 Å². The summed E-state index contributed by atoms with van der Waals surface area (Å²) in [5, 5.41) is 10.0. The second kappa shape index (κ2) is 4.78. The monoisotopic (exact) mass is 240 g/mol. The van der Waals surface area contributed by atoms with E-state index in [1.807, 2.05) is 42.7 Å². The first-order valence-electron chi connectivity index (χ1n) is 6.25. The van der Waals surface area contributed by atoms with Crippen molar-refractivity contribution in [1.29, 1.82) is 0 Å². The first kappa shape index (κ1) is 11.2. The lowest BCUT2D eigenvalue weighted by molar-refractivity contribution is 0.164. The maximum Gasteiger partial charge on any atom is 0.0826 e. The number of hydrogen-bond acceptors (Lipinski definition) is 3. The lowest BCUT2D eigenvalue weighted by Gasteiger charge is -2.33. The Morgan fingerprint density at radius 3 is 2.78 bits per heavy atom. The van der Waals surface area contributed by atoms with Crippen LogP contribution in [0, 0.1) is 0 Å². The van der Waals surface area contributed by atoms with Crippen LogP contribution in [0.3, 0.4) is 0 Å². The second-order valence-electron chi connectivity index (χ2n) is 4.64. The molecule has 18 heavy (non-hydrogen) atoms. The minimum Gasteiger partial charge on any atom is -0.388 e. The van der Waals surface area contributed by atoms with E-state index < -0.39 is 0 Å². The summed E-state index contributed by atoms with van der Waals surface area (Å²) in [5.74, 6) is 0. The van der Waals surface area contributed by atoms with Crippen LogP contribution in [0.2, 0.25) is 0 Å². The summed E-state index contributed by atoms with van der Waals surface area (Å²) < 4.78 is 0. The van der Waals surface area contributed by atoms with Gasteiger partial charge in [0.2, 0.25) is 0 Å². The van der Waals surface area contributed by atoms with Crippen molar-refractivity contribution in [3.05, 3.63) is 59.9 Å². The topological polar surface area (TPSA) is 36.4 Å². The van der Waals surface area contributed by atoms with Gasteiger partial charge in [-0.2, -0.15) is 0 Å². The maximum absolute atomic E-state index is 10.0. The molecule has 3 rings (SSSR count). The molecule has 2 heterocycles. The zero-order valence-electron chi connectivity index (χ0n) is 10.2. The predicted octanol–water partition coefficient (Wildman–Crippen LogP) is 2.53. The van der Waals surface area contributed by atoms with Gasteiger partial charge in [-0.15, -0.1) is 0 Å². The SMILES string of the molecule is OC1CCN(Cc2ccncc2)c2ccccc21. The standard InChI is InChI=1S/C15H16N2O/c18-15-7-10-17(11-12-5-8-16-9-6-12)14-4-2-1-3-13(14)15/h1-6,8-9,15,18H,7,10-11H2. The minimum absolute atomic E-state index is 0.324. The number of aromatic nitrogens is 1. The van der Waals surface area contributed by atoms with Gasteiger partial charge in [0.1, 0.15) is 0 Å². The van der Waals surface area contributed by atoms with E-state index in [1.165, 1.54) is 5.56 Å². The fourth-order valence-corrected chi connectivity index (χ4v) is 2.48. The van der Waals surface area contributed by atoms with Crippen LogP contribution in [-0.2, 0) is 6.54 Å². The molecule has 1 aliphatic heterocycles. The molecule has 1 aromatic heterocycles. The summed E-state index contributed by atoms with van der Waals surface area (Å²) in [5.41, 5.74) is 3.43. The molecule has 0 saturated carbocycles. The second-order valence-corrected chi connectivity index (χ2v) is 4.64. The van der Waals surface area contributed by atoms with Crippen molar-refractivity contribution >= 4 is 5.69 Å². The van der Waals surface area contributed by atoms with E-state index in [2.05, 4.69) is 16.0 Å². The van der Waals surface area contributed by atoms with Crippen LogP contribution in [-0.4, -0.2) is 16.6 Å². The average molecular weight is 240 g/mol. The third-order valence-electron chi connectivity index (χ3n) is 3.43. The van der Waals surface area contributed by atoms with Gasteiger partial charge in [-0.1, -0.05) is 18.2 Å². The molecular weight excluding hydrogens is 224 g/mol. The number of fused-ring (bicyclic) bond motifs is 1. The Balaban J connectivity index is 1.89. The van der Waals surface area contributed by atoms with Crippen LogP contribution in [0.1, 0.15) is 23.7 Å². The molecule has 0 saturated heterocycles. The van der Waals surface area contributed by atoms with Crippen LogP contribution in [0.15, 0.2) is 48.8 Å². The molecule has 3 heteroatoms. The zero-order chi connectivity index (χ0) is 12.4. The predicted molar refractivity (Wildman–Crippen MR) is 71.3 cm³/mol. The van der Waals surface area contributed by atoms with Gasteiger partial charge >= 0.3 is 0 Å². The Kier molecular flexibility index (Phi) is 2.99. The van der Waals surface area contributed by atoms with E-state index in [1.54, 1.807) is 0 Å². The van der Waals surface area contributed by atoms with Gasteiger partial charge in [-0.25, -0.2) is 0 Å². The van der Waals surface area contributed by atoms with Crippen molar-refractivity contribution in [3.63, 3.8) is 0 Å². The lowest BCUT2D eigenvalue weighted by Crippen LogP contribution is -2.30. The number of pyridine rings is 1. The highest BCUT2D eigenvalue weighted by Crippen LogP contribution is 2.34. The van der Waals surface area contributed by atoms with Crippen molar-refractivity contribution in [2.24, 2.45) is 0 Å². The molecule has 1 N–H and O–H groups in total. The number of aliphatic hydroxyl groups is 1. The number of rotatable bonds is 2. The number of aliphatic hydroxyl groups excluding tert-OH is 1. The van der Waals surface area contributed by atoms with Crippen molar-refractivity contribution < 1.29 is 5.11 Å². The lowest BCUT2D eigenvalue weighted by atomic mass is 9.98. The maximum atomic E-state index is 10.0. The first-order chi connectivity index (χ1) is 8.84. The molecule has 0 radical (unpaired) electrons. The Hall–Kier alpha value is -1.87. The normalized spacial score (nSPS) is 18.5. The highest BCUT2D eigenvalue weighted by Gasteiger charge is 2.22. The summed E-state index contributed by atoms with van der Waals surface area (Å²) in [7, 11) is 0. The molecule has 1 unspecified atom stereocenters. The smallest absolute Gasteiger partial charge is 0.0826 e. The fourth-order valence-electron chi connectivity index (χ4n) is 2.48. The number of para-hydroxylation sites is 1. The summed E-state index contributed by atoms with van der Waals surface area (Å²) in [6.07, 6.45) is 4.11. The Bertz CT molecular complexity index is 527. The number of anilines is 1. The number of hydrogen-bond donors (Lipinski definition) is 1. The van der Waals surface area contributed by atoms with Gasteiger partial charge in [0, 0.05) is 36.7 Å². The summed E-state index contributed by atoms with van der Waals surface area (Å²) in [6.45, 7) is 1.76. The molecule has 92 valence electrons. The summed E-state index contributed by atoms with van der Waals surface area (Å²) >= 11 is 0. The van der Waals surface area contributed by atoms with Crippen molar-refractivity contribution in [2.45, 2.75) is 19.1 Å². The van der Waals surface area contributed by atoms with E-state index in [9.17, 15) is 5.11 Å². The number of benzene rings is 1. The van der Waals surface area contributed by atoms with E-state index >= 15 is 0 Å². The zero-order valence-corrected chi connectivity index (χ0v) is 10.2. The molecule has 0 bridgehead atoms. The third kappa shape index (κ3) is 2.09. The van der Waals surface area contributed by atoms with Crippen LogP contribution in [0.25, 0.3) is 0 Å². The Labute approximate surface area is 107 Å². The largest absolute Gasteiger partial charge is 0.388 e. The van der Waals surface area contributed by atoms with Crippen LogP contribution < -0.4 is 4.90 Å². The average Bonchev–Trinajstić information content (AvgIpc) is 2.44. The quantitative estimate of drug-likeness (QED) is 0.876. The molecule has 0 fully saturated rings. The summed E-state index contributed by atoms with van der Waals surface area (Å²) in [4.78, 5) is 6.35. The molecule has 3 nitrogen and oxygen atoms in total. The van der Waals surface area contributed by atoms with Crippen molar-refractivity contribution in [1.82, 2.24) is 4.98 Å². The van der Waals surface area contributed by atoms with Crippen molar-refractivity contribution in [3.8, 4) is 0 Å². The van der Waals surface area contributed by atoms with Gasteiger partial charge in [-0.3, -0.25) is 4.98 Å². The Morgan fingerprint density at radius 1 is 1.17 bits per heavy atom. The van der Waals surface area contributed by atoms with E-state index in [4.69, 9.17) is 0 Å². The highest BCUT2D eigenvalue weighted by molar-refractivity contribution is 5.56. The van der Waals surface area contributed by atoms with Crippen molar-refractivity contribution in [2.75, 3.05) is 11.4 Å². The van der Waals surface area contributed by atoms with Crippen LogP contribution in [0.4, 0.5) is 5.69 Å². The molecule has 0 amide bonds. The molecule has 1 aliphatic rings. The van der Waals surface area contributed by atoms with E-state index in [-0.39, 0.29) is 6.10 Å². The molecule has 1 aromatic carbocycles. The molecule has 0 aliphatic carbocycles. The minimum atomic E-state index is -0.324. The fraction of sp³-hybridized carbons (Fsp3) is 0.267. The molecule has 2 aromatic rings. The molecule has 1 atom stereocenters. The van der Waals surface area contributed by atoms with Gasteiger partial charge in [-0.05, 0) is 30.2 Å². The number of nitrogens with zero attached hydrogens (tertiary/aromatic N) is 2. The van der Waals surface area contributed by atoms with Crippen LogP contribution in [0.5, 0.6) is 0 Å². The van der Waals surface area contributed by atoms with E-state index in [0.717, 1.165) is 30.8 Å². The first-order valence-corrected chi connectivity index (χ1v) is 6.25. The van der Waals surface area contributed by atoms with E-state index in [0.29, 0.717) is 0 Å². The van der Waals surface area contributed by atoms with Gasteiger partial charge in [0.25, 0.3) is 0 Å². The third-order valence-corrected chi connectivity index (χ3v) is 3.43. The van der Waals surface area contributed by atoms with Gasteiger partial charge in [0.05, 0.1) is 6.10 Å². The Morgan fingerprint density at radius 2 is 1.94 bits per heavy atom. The molecular formula is C15H16N2O. The van der Waals surface area contributed by atoms with Crippen LogP contribution >= 0.6 is 0 Å².